The van der Waals surface area contributed by atoms with Gasteiger partial charge in [0, 0.05) is 24.3 Å². The number of rotatable bonds is 3. The second kappa shape index (κ2) is 6.44. The summed E-state index contributed by atoms with van der Waals surface area (Å²) < 4.78 is 0. The average Bonchev–Trinajstić information content (AvgIpc) is 2.57. The number of nitrogens with two attached hydrogens (primary N) is 1. The average molecular weight is 279 g/mol. The molecule has 1 fully saturated rings. The van der Waals surface area contributed by atoms with Crippen LogP contribution in [-0.4, -0.2) is 18.9 Å². The molecule has 1 aliphatic heterocycles. The Morgan fingerprint density at radius 1 is 0.857 bits per heavy atom. The highest BCUT2D eigenvalue weighted by molar-refractivity contribution is 5.99. The van der Waals surface area contributed by atoms with E-state index in [2.05, 4.69) is 22.0 Å². The molecule has 0 unspecified atom stereocenters. The molecule has 2 aromatic carbocycles. The van der Waals surface area contributed by atoms with Crippen LogP contribution in [0.25, 0.3) is 0 Å². The van der Waals surface area contributed by atoms with Gasteiger partial charge >= 0.3 is 0 Å². The number of hydrogen-bond acceptors (Lipinski definition) is 2. The van der Waals surface area contributed by atoms with Crippen molar-refractivity contribution in [1.82, 2.24) is 0 Å². The zero-order valence-electron chi connectivity index (χ0n) is 12.2. The summed E-state index contributed by atoms with van der Waals surface area (Å²) in [7, 11) is 0. The molecule has 21 heavy (non-hydrogen) atoms. The molecule has 2 aromatic rings. The summed E-state index contributed by atoms with van der Waals surface area (Å²) in [5.41, 5.74) is 9.19. The third-order valence-corrected chi connectivity index (χ3v) is 3.89. The largest absolute Gasteiger partial charge is 0.383 e. The standard InChI is InChI=1S/C18H21N3/c19-18(15-7-3-1-4-8-15)20-16-9-11-17(12-10-16)21-13-5-2-6-14-21/h1,3-4,7-12H,2,5-6,13-14H2,(H2,19,20). The van der Waals surface area contributed by atoms with Crippen molar-refractivity contribution in [3.05, 3.63) is 60.2 Å². The number of amidine groups is 1. The smallest absolute Gasteiger partial charge is 0.131 e. The third kappa shape index (κ3) is 3.43. The fraction of sp³-hybridized carbons (Fsp3) is 0.278. The maximum atomic E-state index is 6.05. The Morgan fingerprint density at radius 3 is 2.19 bits per heavy atom. The van der Waals surface area contributed by atoms with Crippen LogP contribution in [0, 0.1) is 0 Å². The molecule has 0 aliphatic carbocycles. The van der Waals surface area contributed by atoms with E-state index in [1.807, 2.05) is 42.5 Å². The molecule has 3 nitrogen and oxygen atoms in total. The van der Waals surface area contributed by atoms with E-state index in [0.29, 0.717) is 5.84 Å². The molecule has 108 valence electrons. The maximum Gasteiger partial charge on any atom is 0.131 e. The van der Waals surface area contributed by atoms with Crippen molar-refractivity contribution < 1.29 is 0 Å². The van der Waals surface area contributed by atoms with Crippen LogP contribution in [-0.2, 0) is 0 Å². The quantitative estimate of drug-likeness (QED) is 0.687. The summed E-state index contributed by atoms with van der Waals surface area (Å²) in [4.78, 5) is 6.93. The van der Waals surface area contributed by atoms with Crippen LogP contribution >= 0.6 is 0 Å². The number of benzene rings is 2. The van der Waals surface area contributed by atoms with E-state index < -0.39 is 0 Å². The fourth-order valence-corrected chi connectivity index (χ4v) is 2.70. The first kappa shape index (κ1) is 13.7. The topological polar surface area (TPSA) is 41.6 Å². The van der Waals surface area contributed by atoms with Crippen LogP contribution in [0.3, 0.4) is 0 Å². The monoisotopic (exact) mass is 279 g/mol. The molecule has 1 aliphatic rings. The van der Waals surface area contributed by atoms with Crippen LogP contribution in [0.4, 0.5) is 11.4 Å². The van der Waals surface area contributed by atoms with Gasteiger partial charge in [-0.05, 0) is 43.5 Å². The lowest BCUT2D eigenvalue weighted by Crippen LogP contribution is -2.29. The van der Waals surface area contributed by atoms with Crippen molar-refractivity contribution in [2.75, 3.05) is 18.0 Å². The molecule has 3 heteroatoms. The maximum absolute atomic E-state index is 6.05. The molecule has 0 radical (unpaired) electrons. The van der Waals surface area contributed by atoms with Gasteiger partial charge in [0.05, 0.1) is 5.69 Å². The molecular formula is C18H21N3. The second-order valence-electron chi connectivity index (χ2n) is 5.43. The Morgan fingerprint density at radius 2 is 1.52 bits per heavy atom. The highest BCUT2D eigenvalue weighted by atomic mass is 15.1. The Hall–Kier alpha value is -2.29. The summed E-state index contributed by atoms with van der Waals surface area (Å²) >= 11 is 0. The highest BCUT2D eigenvalue weighted by Gasteiger charge is 2.10. The SMILES string of the molecule is NC(=Nc1ccc(N2CCCCC2)cc1)c1ccccc1. The molecule has 2 N–H and O–H groups in total. The van der Waals surface area contributed by atoms with Gasteiger partial charge in [-0.3, -0.25) is 0 Å². The minimum absolute atomic E-state index is 0.557. The number of piperidine rings is 1. The number of nitrogens with zero attached hydrogens (tertiary/aromatic N) is 2. The lowest BCUT2D eigenvalue weighted by molar-refractivity contribution is 0.578. The molecule has 1 saturated heterocycles. The van der Waals surface area contributed by atoms with Crippen molar-refractivity contribution in [3.8, 4) is 0 Å². The number of anilines is 1. The van der Waals surface area contributed by atoms with Gasteiger partial charge in [0.25, 0.3) is 0 Å². The lowest BCUT2D eigenvalue weighted by atomic mass is 10.1. The van der Waals surface area contributed by atoms with Gasteiger partial charge < -0.3 is 10.6 Å². The van der Waals surface area contributed by atoms with Gasteiger partial charge in [-0.25, -0.2) is 4.99 Å². The van der Waals surface area contributed by atoms with E-state index in [9.17, 15) is 0 Å². The van der Waals surface area contributed by atoms with Crippen LogP contribution in [0.1, 0.15) is 24.8 Å². The van der Waals surface area contributed by atoms with E-state index in [1.165, 1.54) is 24.9 Å². The Labute approximate surface area is 126 Å². The summed E-state index contributed by atoms with van der Waals surface area (Å²) in [5, 5.41) is 0. The summed E-state index contributed by atoms with van der Waals surface area (Å²) in [6, 6.07) is 18.2. The third-order valence-electron chi connectivity index (χ3n) is 3.89. The van der Waals surface area contributed by atoms with Crippen molar-refractivity contribution in [3.63, 3.8) is 0 Å². The van der Waals surface area contributed by atoms with E-state index in [0.717, 1.165) is 24.3 Å². The molecule has 0 spiro atoms. The Balaban J connectivity index is 1.75. The summed E-state index contributed by atoms with van der Waals surface area (Å²) in [5.74, 6) is 0.557. The predicted molar refractivity (Wildman–Crippen MR) is 89.3 cm³/mol. The van der Waals surface area contributed by atoms with Gasteiger partial charge in [-0.1, -0.05) is 30.3 Å². The van der Waals surface area contributed by atoms with Gasteiger partial charge in [-0.2, -0.15) is 0 Å². The first-order valence-electron chi connectivity index (χ1n) is 7.57. The minimum Gasteiger partial charge on any atom is -0.383 e. The van der Waals surface area contributed by atoms with Crippen molar-refractivity contribution in [1.29, 1.82) is 0 Å². The van der Waals surface area contributed by atoms with Crippen LogP contribution in [0.5, 0.6) is 0 Å². The molecule has 0 amide bonds. The normalized spacial score (nSPS) is 16.0. The molecule has 3 rings (SSSR count). The van der Waals surface area contributed by atoms with Crippen LogP contribution in [0.15, 0.2) is 59.6 Å². The van der Waals surface area contributed by atoms with E-state index >= 15 is 0 Å². The van der Waals surface area contributed by atoms with Crippen molar-refractivity contribution >= 4 is 17.2 Å². The molecule has 0 saturated carbocycles. The lowest BCUT2D eigenvalue weighted by Gasteiger charge is -2.28. The zero-order chi connectivity index (χ0) is 14.5. The Bertz CT molecular complexity index is 596. The van der Waals surface area contributed by atoms with Gasteiger partial charge in [0.1, 0.15) is 5.84 Å². The van der Waals surface area contributed by atoms with E-state index in [-0.39, 0.29) is 0 Å². The van der Waals surface area contributed by atoms with Gasteiger partial charge in [0.15, 0.2) is 0 Å². The first-order valence-corrected chi connectivity index (χ1v) is 7.57. The van der Waals surface area contributed by atoms with E-state index in [1.54, 1.807) is 0 Å². The van der Waals surface area contributed by atoms with Crippen LogP contribution < -0.4 is 10.6 Å². The van der Waals surface area contributed by atoms with Gasteiger partial charge in [0.2, 0.25) is 0 Å². The molecule has 0 aromatic heterocycles. The second-order valence-corrected chi connectivity index (χ2v) is 5.43. The molecule has 0 atom stereocenters. The number of hydrogen-bond donors (Lipinski definition) is 1. The fourth-order valence-electron chi connectivity index (χ4n) is 2.70. The molecular weight excluding hydrogens is 258 g/mol. The zero-order valence-corrected chi connectivity index (χ0v) is 12.2. The number of aliphatic imine (C=N–C) groups is 1. The molecule has 0 bridgehead atoms. The van der Waals surface area contributed by atoms with E-state index in [4.69, 9.17) is 5.73 Å². The highest BCUT2D eigenvalue weighted by Crippen LogP contribution is 2.23. The summed E-state index contributed by atoms with van der Waals surface area (Å²) in [6.45, 7) is 2.32. The Kier molecular flexibility index (Phi) is 4.20. The predicted octanol–water partition coefficient (Wildman–Crippen LogP) is 3.71. The van der Waals surface area contributed by atoms with Crippen molar-refractivity contribution in [2.24, 2.45) is 10.7 Å². The minimum atomic E-state index is 0.557. The first-order chi connectivity index (χ1) is 10.3. The summed E-state index contributed by atoms with van der Waals surface area (Å²) in [6.07, 6.45) is 3.94. The van der Waals surface area contributed by atoms with Crippen molar-refractivity contribution in [2.45, 2.75) is 19.3 Å². The molecule has 1 heterocycles. The van der Waals surface area contributed by atoms with Crippen LogP contribution in [0.2, 0.25) is 0 Å². The van der Waals surface area contributed by atoms with Gasteiger partial charge in [-0.15, -0.1) is 0 Å².